The van der Waals surface area contributed by atoms with Crippen molar-refractivity contribution in [1.29, 1.82) is 0 Å². The molecular formula is C30H50O2. The summed E-state index contributed by atoms with van der Waals surface area (Å²) < 4.78 is 6.71. The van der Waals surface area contributed by atoms with Crippen molar-refractivity contribution in [2.45, 2.75) is 125 Å². The van der Waals surface area contributed by atoms with Crippen LogP contribution in [0.5, 0.6) is 0 Å². The van der Waals surface area contributed by atoms with Crippen molar-refractivity contribution in [3.05, 3.63) is 0 Å². The van der Waals surface area contributed by atoms with E-state index in [1.807, 2.05) is 0 Å². The molecule has 32 heavy (non-hydrogen) atoms. The van der Waals surface area contributed by atoms with E-state index in [1.54, 1.807) is 0 Å². The lowest BCUT2D eigenvalue weighted by molar-refractivity contribution is -0.252. The van der Waals surface area contributed by atoms with E-state index in [0.717, 1.165) is 30.8 Å². The van der Waals surface area contributed by atoms with E-state index < -0.39 is 0 Å². The Morgan fingerprint density at radius 1 is 0.688 bits per heavy atom. The highest BCUT2D eigenvalue weighted by Gasteiger charge is 2.72. The number of aliphatic hydroxyl groups is 1. The van der Waals surface area contributed by atoms with Gasteiger partial charge in [0.25, 0.3) is 0 Å². The van der Waals surface area contributed by atoms with E-state index in [9.17, 15) is 5.11 Å². The van der Waals surface area contributed by atoms with Gasteiger partial charge in [0.2, 0.25) is 0 Å². The van der Waals surface area contributed by atoms with Gasteiger partial charge in [-0.3, -0.25) is 0 Å². The van der Waals surface area contributed by atoms with E-state index in [1.165, 1.54) is 57.8 Å². The van der Waals surface area contributed by atoms with Crippen molar-refractivity contribution < 1.29 is 9.84 Å². The van der Waals surface area contributed by atoms with Crippen molar-refractivity contribution in [2.75, 3.05) is 6.61 Å². The average molecular weight is 443 g/mol. The van der Waals surface area contributed by atoms with Crippen molar-refractivity contribution in [3.8, 4) is 0 Å². The van der Waals surface area contributed by atoms with Gasteiger partial charge in [-0.05, 0) is 120 Å². The molecule has 10 atom stereocenters. The lowest BCUT2D eigenvalue weighted by Gasteiger charge is -2.73. The summed E-state index contributed by atoms with van der Waals surface area (Å²) in [4.78, 5) is 0. The number of hydrogen-bond acceptors (Lipinski definition) is 2. The van der Waals surface area contributed by atoms with Crippen LogP contribution in [-0.4, -0.2) is 23.9 Å². The van der Waals surface area contributed by atoms with Gasteiger partial charge in [0.05, 0.1) is 18.8 Å². The van der Waals surface area contributed by atoms with E-state index in [2.05, 4.69) is 48.5 Å². The summed E-state index contributed by atoms with van der Waals surface area (Å²) in [5.41, 5.74) is 2.16. The molecular weight excluding hydrogens is 392 g/mol. The average Bonchev–Trinajstić information content (AvgIpc) is 3.05. The fourth-order valence-corrected chi connectivity index (χ4v) is 12.0. The molecule has 6 aliphatic rings. The van der Waals surface area contributed by atoms with Crippen LogP contribution in [0.1, 0.15) is 113 Å². The highest BCUT2D eigenvalue weighted by Crippen LogP contribution is 2.78. The summed E-state index contributed by atoms with van der Waals surface area (Å²) in [6, 6.07) is 0. The predicted octanol–water partition coefficient (Wildman–Crippen LogP) is 7.24. The van der Waals surface area contributed by atoms with Crippen LogP contribution in [0.4, 0.5) is 0 Å². The molecule has 0 radical (unpaired) electrons. The molecule has 2 heteroatoms. The summed E-state index contributed by atoms with van der Waals surface area (Å²) in [6.07, 6.45) is 13.7. The lowest BCUT2D eigenvalue weighted by atomic mass is 9.31. The molecule has 1 saturated heterocycles. The van der Waals surface area contributed by atoms with Gasteiger partial charge in [-0.2, -0.15) is 0 Å². The van der Waals surface area contributed by atoms with E-state index in [-0.39, 0.29) is 11.5 Å². The maximum Gasteiger partial charge on any atom is 0.0663 e. The molecule has 182 valence electrons. The fourth-order valence-electron chi connectivity index (χ4n) is 12.0. The highest BCUT2D eigenvalue weighted by atomic mass is 16.5. The number of rotatable bonds is 0. The van der Waals surface area contributed by atoms with Gasteiger partial charge in [-0.25, -0.2) is 0 Å². The first-order valence-corrected chi connectivity index (χ1v) is 14.1. The molecule has 1 aliphatic heterocycles. The molecule has 6 rings (SSSR count). The molecule has 1 N–H and O–H groups in total. The third kappa shape index (κ3) is 2.41. The summed E-state index contributed by atoms with van der Waals surface area (Å²) in [7, 11) is 0. The minimum Gasteiger partial charge on any atom is -0.393 e. The second-order valence-electron chi connectivity index (χ2n) is 15.7. The summed E-state index contributed by atoms with van der Waals surface area (Å²) in [5, 5.41) is 10.9. The van der Waals surface area contributed by atoms with E-state index >= 15 is 0 Å². The second-order valence-corrected chi connectivity index (χ2v) is 15.7. The first-order valence-electron chi connectivity index (χ1n) is 14.1. The predicted molar refractivity (Wildman–Crippen MR) is 130 cm³/mol. The molecule has 0 spiro atoms. The minimum atomic E-state index is -0.122. The molecule has 6 fully saturated rings. The minimum absolute atomic E-state index is 0.0586. The lowest BCUT2D eigenvalue weighted by Crippen LogP contribution is -2.67. The molecule has 0 aromatic carbocycles. The monoisotopic (exact) mass is 442 g/mol. The van der Waals surface area contributed by atoms with Crippen LogP contribution in [0.2, 0.25) is 0 Å². The van der Waals surface area contributed by atoms with Gasteiger partial charge in [0.1, 0.15) is 0 Å². The van der Waals surface area contributed by atoms with Crippen molar-refractivity contribution in [3.63, 3.8) is 0 Å². The van der Waals surface area contributed by atoms with Gasteiger partial charge in [0.15, 0.2) is 0 Å². The Balaban J connectivity index is 1.39. The molecule has 2 nitrogen and oxygen atoms in total. The Morgan fingerprint density at radius 2 is 1.41 bits per heavy atom. The van der Waals surface area contributed by atoms with Crippen LogP contribution < -0.4 is 0 Å². The van der Waals surface area contributed by atoms with E-state index in [0.29, 0.717) is 39.1 Å². The van der Waals surface area contributed by atoms with Crippen LogP contribution in [0.3, 0.4) is 0 Å². The molecule has 5 aliphatic carbocycles. The zero-order valence-electron chi connectivity index (χ0n) is 22.1. The molecule has 0 aromatic rings. The molecule has 1 heterocycles. The van der Waals surface area contributed by atoms with Gasteiger partial charge in [-0.1, -0.05) is 48.5 Å². The third-order valence-electron chi connectivity index (χ3n) is 14.1. The zero-order chi connectivity index (χ0) is 22.9. The molecule has 0 aromatic heterocycles. The van der Waals surface area contributed by atoms with Crippen molar-refractivity contribution in [1.82, 2.24) is 0 Å². The van der Waals surface area contributed by atoms with Crippen molar-refractivity contribution >= 4 is 0 Å². The molecule has 0 amide bonds. The molecule has 1 unspecified atom stereocenters. The highest BCUT2D eigenvalue weighted by molar-refractivity contribution is 5.21. The summed E-state index contributed by atoms with van der Waals surface area (Å²) in [6.45, 7) is 18.9. The first-order chi connectivity index (χ1) is 14.8. The smallest absolute Gasteiger partial charge is 0.0663 e. The maximum atomic E-state index is 10.9. The Kier molecular flexibility index (Phi) is 4.46. The Labute approximate surface area is 197 Å². The topological polar surface area (TPSA) is 29.5 Å². The summed E-state index contributed by atoms with van der Waals surface area (Å²) in [5.74, 6) is 3.11. The van der Waals surface area contributed by atoms with Gasteiger partial charge in [0, 0.05) is 0 Å². The van der Waals surface area contributed by atoms with Gasteiger partial charge >= 0.3 is 0 Å². The normalized spacial score (nSPS) is 60.0. The Morgan fingerprint density at radius 3 is 2.16 bits per heavy atom. The van der Waals surface area contributed by atoms with Crippen LogP contribution in [0, 0.1) is 56.2 Å². The first kappa shape index (κ1) is 22.4. The molecule has 2 bridgehead atoms. The summed E-state index contributed by atoms with van der Waals surface area (Å²) >= 11 is 0. The number of aliphatic hydroxyl groups excluding tert-OH is 1. The van der Waals surface area contributed by atoms with Crippen LogP contribution in [0.15, 0.2) is 0 Å². The second kappa shape index (κ2) is 6.37. The van der Waals surface area contributed by atoms with Crippen LogP contribution >= 0.6 is 0 Å². The van der Waals surface area contributed by atoms with E-state index in [4.69, 9.17) is 4.74 Å². The zero-order valence-corrected chi connectivity index (χ0v) is 22.1. The van der Waals surface area contributed by atoms with Gasteiger partial charge < -0.3 is 9.84 Å². The fraction of sp³-hybridized carbons (Fsp3) is 1.00. The van der Waals surface area contributed by atoms with Gasteiger partial charge in [-0.15, -0.1) is 0 Å². The van der Waals surface area contributed by atoms with Crippen LogP contribution in [0.25, 0.3) is 0 Å². The SMILES string of the molecule is CC1(C)CC[C@]23CC[C@]4(C)[C@H](CC[C@@H]5[C@@]6(C)CC[C@H](O)C(C)(C)[C@@H]6CC[C@]54C)C2[C@@H]1OC3. The standard InChI is InChI=1S/C30H50O2/c1-25(2)14-16-30-17-15-28(6)19(23(30)24(25)32-18-30)8-9-21-27(5)12-11-22(31)26(3,4)20(27)10-13-29(21,28)7/h19-24,31H,8-18H2,1-7H3/t19-,20+,21-,22+,23?,24+,27+,28-,29-,30-/m1/s1. The Bertz CT molecular complexity index is 801. The third-order valence-corrected chi connectivity index (χ3v) is 14.1. The number of hydrogen-bond donors (Lipinski definition) is 1. The Hall–Kier alpha value is -0.0800. The number of fused-ring (bicyclic) bond motifs is 5. The van der Waals surface area contributed by atoms with Crippen molar-refractivity contribution in [2.24, 2.45) is 56.2 Å². The largest absolute Gasteiger partial charge is 0.393 e. The van der Waals surface area contributed by atoms with Crippen LogP contribution in [-0.2, 0) is 4.74 Å². The number of ether oxygens (including phenoxy) is 1. The maximum absolute atomic E-state index is 10.9. The molecule has 5 saturated carbocycles. The quantitative estimate of drug-likeness (QED) is 0.428.